The summed E-state index contributed by atoms with van der Waals surface area (Å²) in [5.41, 5.74) is 0.672. The van der Waals surface area contributed by atoms with Gasteiger partial charge in [0.05, 0.1) is 5.56 Å². The highest BCUT2D eigenvalue weighted by Crippen LogP contribution is 2.01. The predicted molar refractivity (Wildman–Crippen MR) is 39.9 cm³/mol. The van der Waals surface area contributed by atoms with Crippen LogP contribution in [0, 0.1) is 0 Å². The standard InChI is InChI=1S/C8H6O3/c9-5-6-1-3-7(4-2-6)8(10)11/h1-5H,(H,10,11)/p+1. The molecule has 0 aliphatic carbocycles. The first-order chi connectivity index (χ1) is 5.24. The number of rotatable bonds is 2. The number of benzene rings is 1. The van der Waals surface area contributed by atoms with E-state index in [4.69, 9.17) is 5.11 Å². The zero-order valence-corrected chi connectivity index (χ0v) is 5.65. The summed E-state index contributed by atoms with van der Waals surface area (Å²) >= 11 is 0. The van der Waals surface area contributed by atoms with Crippen LogP contribution in [0.1, 0.15) is 22.1 Å². The molecule has 0 unspecified atom stereocenters. The highest BCUT2D eigenvalue weighted by molar-refractivity contribution is 5.88. The summed E-state index contributed by atoms with van der Waals surface area (Å²) in [6.07, 6.45) is 0.672. The lowest BCUT2D eigenvalue weighted by Crippen LogP contribution is -1.95. The van der Waals surface area contributed by atoms with Gasteiger partial charge < -0.3 is 5.11 Å². The molecule has 3 nitrogen and oxygen atoms in total. The van der Waals surface area contributed by atoms with Gasteiger partial charge in [-0.3, -0.25) is 4.79 Å². The van der Waals surface area contributed by atoms with Crippen molar-refractivity contribution in [2.24, 2.45) is 0 Å². The summed E-state index contributed by atoms with van der Waals surface area (Å²) in [5, 5.41) is 8.46. The van der Waals surface area contributed by atoms with Gasteiger partial charge >= 0.3 is 7.40 Å². The average Bonchev–Trinajstić information content (AvgIpc) is 2.05. The molecule has 1 rings (SSSR count). The van der Waals surface area contributed by atoms with Gasteiger partial charge in [0, 0.05) is 5.56 Å². The number of carboxylic acids is 1. The van der Waals surface area contributed by atoms with E-state index in [1.54, 1.807) is 0 Å². The molecule has 0 radical (unpaired) electrons. The number of carbonyl (C=O) groups is 2. The van der Waals surface area contributed by atoms with Crippen molar-refractivity contribution in [1.82, 2.24) is 0 Å². The van der Waals surface area contributed by atoms with Crippen molar-refractivity contribution in [1.29, 1.82) is 0 Å². The Kier molecular flexibility index (Phi) is 2.01. The quantitative estimate of drug-likeness (QED) is 0.648. The summed E-state index contributed by atoms with van der Waals surface area (Å²) in [5.74, 6) is -0.984. The maximum absolute atomic E-state index is 10.3. The molecule has 11 heavy (non-hydrogen) atoms. The molecule has 1 N–H and O–H groups in total. The highest BCUT2D eigenvalue weighted by atomic mass is 16.4. The molecular weight excluding hydrogens is 144 g/mol. The number of aldehydes is 1. The van der Waals surface area contributed by atoms with Gasteiger partial charge in [-0.1, -0.05) is 12.1 Å². The molecule has 0 amide bonds. The maximum atomic E-state index is 10.3. The highest BCUT2D eigenvalue weighted by Gasteiger charge is 1.99. The first kappa shape index (κ1) is 7.47. The molecule has 56 valence electrons. The van der Waals surface area contributed by atoms with Gasteiger partial charge in [-0.25, -0.2) is 4.79 Å². The number of hydrogen-bond acceptors (Lipinski definition) is 2. The lowest BCUT2D eigenvalue weighted by Gasteiger charge is -1.92. The van der Waals surface area contributed by atoms with Crippen LogP contribution in [0.15, 0.2) is 24.3 Å². The van der Waals surface area contributed by atoms with Crippen molar-refractivity contribution in [2.75, 3.05) is 0 Å². The second-order valence-corrected chi connectivity index (χ2v) is 2.05. The van der Waals surface area contributed by atoms with Crippen molar-refractivity contribution in [3.63, 3.8) is 0 Å². The second kappa shape index (κ2) is 2.96. The zero-order chi connectivity index (χ0) is 8.27. The SMILES string of the molecule is O=Cc1ccc(C(=O)O)cc1.[H+]. The van der Waals surface area contributed by atoms with E-state index in [1.807, 2.05) is 0 Å². The molecule has 1 aromatic carbocycles. The number of aromatic carboxylic acids is 1. The van der Waals surface area contributed by atoms with Crippen molar-refractivity contribution >= 4 is 12.3 Å². The average molecular weight is 151 g/mol. The Labute approximate surface area is 64.8 Å². The summed E-state index contributed by atoms with van der Waals surface area (Å²) in [6.45, 7) is 0. The van der Waals surface area contributed by atoms with Gasteiger partial charge in [0.1, 0.15) is 6.29 Å². The van der Waals surface area contributed by atoms with Gasteiger partial charge in [-0.05, 0) is 12.1 Å². The Morgan fingerprint density at radius 2 is 1.91 bits per heavy atom. The van der Waals surface area contributed by atoms with Crippen LogP contribution < -0.4 is 0 Å². The van der Waals surface area contributed by atoms with Crippen LogP contribution in [0.4, 0.5) is 0 Å². The van der Waals surface area contributed by atoms with Gasteiger partial charge in [-0.2, -0.15) is 0 Å². The van der Waals surface area contributed by atoms with E-state index in [0.29, 0.717) is 11.8 Å². The number of carboxylic acid groups (broad SMARTS) is 1. The predicted octanol–water partition coefficient (Wildman–Crippen LogP) is 1.31. The second-order valence-electron chi connectivity index (χ2n) is 2.05. The minimum Gasteiger partial charge on any atom is -0.478 e. The van der Waals surface area contributed by atoms with E-state index in [0.717, 1.165) is 0 Å². The first-order valence-electron chi connectivity index (χ1n) is 3.02. The monoisotopic (exact) mass is 151 g/mol. The van der Waals surface area contributed by atoms with Crippen LogP contribution in [-0.2, 0) is 0 Å². The Hall–Kier alpha value is -1.64. The van der Waals surface area contributed by atoms with Gasteiger partial charge in [0.2, 0.25) is 0 Å². The molecule has 0 aliphatic heterocycles. The van der Waals surface area contributed by atoms with Gasteiger partial charge in [0.25, 0.3) is 0 Å². The summed E-state index contributed by atoms with van der Waals surface area (Å²) in [7, 11) is 0. The smallest absolute Gasteiger partial charge is 0.478 e. The summed E-state index contributed by atoms with van der Waals surface area (Å²) in [6, 6.07) is 5.73. The summed E-state index contributed by atoms with van der Waals surface area (Å²) in [4.78, 5) is 20.5. The van der Waals surface area contributed by atoms with E-state index >= 15 is 0 Å². The van der Waals surface area contributed by atoms with Crippen LogP contribution in [0.25, 0.3) is 0 Å². The molecular formula is C8H7O3+. The lowest BCUT2D eigenvalue weighted by molar-refractivity contribution is 0.0696. The van der Waals surface area contributed by atoms with E-state index in [-0.39, 0.29) is 6.99 Å². The van der Waals surface area contributed by atoms with Crippen LogP contribution >= 0.6 is 0 Å². The number of hydrogen-bond donors (Lipinski definition) is 1. The topological polar surface area (TPSA) is 54.4 Å². The fourth-order valence-electron chi connectivity index (χ4n) is 0.704. The Morgan fingerprint density at radius 1 is 1.36 bits per heavy atom. The van der Waals surface area contributed by atoms with Crippen LogP contribution in [0.5, 0.6) is 0 Å². The third-order valence-corrected chi connectivity index (χ3v) is 1.29. The Bertz CT molecular complexity index is 279. The van der Waals surface area contributed by atoms with Gasteiger partial charge in [-0.15, -0.1) is 0 Å². The normalized spacial score (nSPS) is 9.09. The molecule has 3 heteroatoms. The van der Waals surface area contributed by atoms with E-state index in [2.05, 4.69) is 0 Å². The van der Waals surface area contributed by atoms with Crippen LogP contribution in [0.2, 0.25) is 0 Å². The number of carbonyl (C=O) groups excluding carboxylic acids is 1. The molecule has 0 saturated carbocycles. The fourth-order valence-corrected chi connectivity index (χ4v) is 0.704. The van der Waals surface area contributed by atoms with Crippen LogP contribution in [-0.4, -0.2) is 17.4 Å². The van der Waals surface area contributed by atoms with Crippen molar-refractivity contribution in [3.8, 4) is 0 Å². The third-order valence-electron chi connectivity index (χ3n) is 1.29. The summed E-state index contributed by atoms with van der Waals surface area (Å²) < 4.78 is 0. The van der Waals surface area contributed by atoms with E-state index in [9.17, 15) is 9.59 Å². The Morgan fingerprint density at radius 3 is 2.27 bits per heavy atom. The molecule has 0 bridgehead atoms. The molecule has 0 saturated heterocycles. The Balaban J connectivity index is 0.00000121. The zero-order valence-electron chi connectivity index (χ0n) is 6.65. The molecule has 0 aliphatic rings. The van der Waals surface area contributed by atoms with E-state index in [1.165, 1.54) is 24.3 Å². The van der Waals surface area contributed by atoms with E-state index < -0.39 is 5.97 Å². The minimum atomic E-state index is -0.984. The minimum absolute atomic E-state index is 0. The van der Waals surface area contributed by atoms with Crippen LogP contribution in [0.3, 0.4) is 0 Å². The molecule has 0 aromatic heterocycles. The first-order valence-corrected chi connectivity index (χ1v) is 3.02. The fraction of sp³-hybridized carbons (Fsp3) is 0. The molecule has 0 fully saturated rings. The molecule has 0 heterocycles. The van der Waals surface area contributed by atoms with Crippen molar-refractivity contribution in [2.45, 2.75) is 0 Å². The molecule has 1 aromatic rings. The largest absolute Gasteiger partial charge is 1.00 e. The van der Waals surface area contributed by atoms with Gasteiger partial charge in [0.15, 0.2) is 0 Å². The third kappa shape index (κ3) is 1.64. The maximum Gasteiger partial charge on any atom is 1.00 e. The molecule has 0 spiro atoms. The van der Waals surface area contributed by atoms with Crippen molar-refractivity contribution in [3.05, 3.63) is 35.4 Å². The molecule has 0 atom stereocenters. The lowest BCUT2D eigenvalue weighted by atomic mass is 10.1. The van der Waals surface area contributed by atoms with Crippen molar-refractivity contribution < 1.29 is 16.1 Å².